The van der Waals surface area contributed by atoms with Crippen LogP contribution in [0.2, 0.25) is 0 Å². The van der Waals surface area contributed by atoms with Crippen LogP contribution in [0.5, 0.6) is 0 Å². The lowest BCUT2D eigenvalue weighted by Crippen LogP contribution is -2.24. The molecule has 6 heteroatoms. The number of imidazole rings is 1. The van der Waals surface area contributed by atoms with E-state index in [1.807, 2.05) is 28.8 Å². The van der Waals surface area contributed by atoms with Crippen LogP contribution in [0.1, 0.15) is 5.69 Å². The average molecular weight is 203 g/mol. The van der Waals surface area contributed by atoms with E-state index in [2.05, 4.69) is 15.5 Å². The van der Waals surface area contributed by atoms with Crippen LogP contribution < -0.4 is 11.2 Å². The Morgan fingerprint density at radius 2 is 2.47 bits per heavy atom. The summed E-state index contributed by atoms with van der Waals surface area (Å²) in [5.41, 5.74) is 8.41. The number of carbonyl (C=O) groups excluding carboxylic acids is 1. The number of urea groups is 1. The van der Waals surface area contributed by atoms with Gasteiger partial charge in [0.15, 0.2) is 0 Å². The number of fused-ring (bicyclic) bond motifs is 1. The van der Waals surface area contributed by atoms with Crippen LogP contribution in [-0.4, -0.2) is 21.6 Å². The molecule has 76 valence electrons. The van der Waals surface area contributed by atoms with Crippen molar-refractivity contribution in [1.82, 2.24) is 14.8 Å². The van der Waals surface area contributed by atoms with E-state index in [-0.39, 0.29) is 0 Å². The first-order valence-electron chi connectivity index (χ1n) is 4.28. The number of nitrogens with two attached hydrogens (primary N) is 1. The highest BCUT2D eigenvalue weighted by Crippen LogP contribution is 2.01. The van der Waals surface area contributed by atoms with E-state index in [9.17, 15) is 4.79 Å². The number of hydrazone groups is 1. The van der Waals surface area contributed by atoms with Crippen molar-refractivity contribution in [3.05, 3.63) is 36.3 Å². The van der Waals surface area contributed by atoms with Crippen molar-refractivity contribution in [1.29, 1.82) is 0 Å². The van der Waals surface area contributed by atoms with Crippen molar-refractivity contribution in [2.75, 3.05) is 0 Å². The SMILES string of the molecule is NC(=O)NN=Cc1cn2ccccc2n1. The molecule has 2 aromatic rings. The third-order valence-electron chi connectivity index (χ3n) is 1.75. The van der Waals surface area contributed by atoms with Gasteiger partial charge in [0.2, 0.25) is 0 Å². The predicted octanol–water partition coefficient (Wildman–Crippen LogP) is 0.336. The summed E-state index contributed by atoms with van der Waals surface area (Å²) in [5, 5.41) is 3.61. The third kappa shape index (κ3) is 2.11. The molecule has 0 saturated heterocycles. The van der Waals surface area contributed by atoms with Gasteiger partial charge in [-0.1, -0.05) is 6.07 Å². The first-order valence-corrected chi connectivity index (χ1v) is 4.28. The van der Waals surface area contributed by atoms with E-state index >= 15 is 0 Å². The van der Waals surface area contributed by atoms with Gasteiger partial charge in [-0.2, -0.15) is 5.10 Å². The van der Waals surface area contributed by atoms with Crippen molar-refractivity contribution < 1.29 is 4.79 Å². The van der Waals surface area contributed by atoms with E-state index in [1.165, 1.54) is 6.21 Å². The summed E-state index contributed by atoms with van der Waals surface area (Å²) >= 11 is 0. The van der Waals surface area contributed by atoms with Crippen LogP contribution in [0.4, 0.5) is 4.79 Å². The number of nitrogens with zero attached hydrogens (tertiary/aromatic N) is 3. The Kier molecular flexibility index (Phi) is 2.32. The summed E-state index contributed by atoms with van der Waals surface area (Å²) in [6, 6.07) is 4.97. The summed E-state index contributed by atoms with van der Waals surface area (Å²) < 4.78 is 1.85. The zero-order valence-electron chi connectivity index (χ0n) is 7.79. The molecule has 0 aromatic carbocycles. The lowest BCUT2D eigenvalue weighted by molar-refractivity contribution is 0.249. The van der Waals surface area contributed by atoms with Gasteiger partial charge in [0.1, 0.15) is 11.3 Å². The number of hydrogen-bond acceptors (Lipinski definition) is 3. The van der Waals surface area contributed by atoms with Crippen LogP contribution >= 0.6 is 0 Å². The number of primary amides is 1. The van der Waals surface area contributed by atoms with Crippen LogP contribution in [0.25, 0.3) is 5.65 Å². The highest BCUT2D eigenvalue weighted by atomic mass is 16.2. The van der Waals surface area contributed by atoms with Gasteiger partial charge in [-0.25, -0.2) is 15.2 Å². The standard InChI is InChI=1S/C9H9N5O/c10-9(15)13-11-5-7-6-14-4-2-1-3-8(14)12-7/h1-6H,(H3,10,13,15). The van der Waals surface area contributed by atoms with E-state index in [0.29, 0.717) is 5.69 Å². The summed E-state index contributed by atoms with van der Waals surface area (Å²) in [5.74, 6) is 0. The molecule has 0 radical (unpaired) electrons. The lowest BCUT2D eigenvalue weighted by atomic mass is 10.5. The predicted molar refractivity (Wildman–Crippen MR) is 55.5 cm³/mol. The quantitative estimate of drug-likeness (QED) is 0.544. The molecule has 0 fully saturated rings. The molecule has 0 spiro atoms. The van der Waals surface area contributed by atoms with Crippen LogP contribution in [-0.2, 0) is 0 Å². The molecule has 2 amide bonds. The summed E-state index contributed by atoms with van der Waals surface area (Å²) in [7, 11) is 0. The Bertz CT molecular complexity index is 483. The Balaban J connectivity index is 2.22. The topological polar surface area (TPSA) is 84.8 Å². The molecule has 0 atom stereocenters. The molecular weight excluding hydrogens is 194 g/mol. The minimum absolute atomic E-state index is 0.648. The first kappa shape index (κ1) is 9.20. The molecule has 0 aliphatic heterocycles. The molecule has 6 nitrogen and oxygen atoms in total. The largest absolute Gasteiger partial charge is 0.350 e. The fourth-order valence-corrected chi connectivity index (χ4v) is 1.18. The number of carbonyl (C=O) groups is 1. The highest BCUT2D eigenvalue weighted by Gasteiger charge is 1.96. The lowest BCUT2D eigenvalue weighted by Gasteiger charge is -1.87. The fourth-order valence-electron chi connectivity index (χ4n) is 1.18. The van der Waals surface area contributed by atoms with Gasteiger partial charge in [0.05, 0.1) is 6.21 Å². The molecule has 0 saturated carbocycles. The maximum Gasteiger partial charge on any atom is 0.332 e. The number of rotatable bonds is 2. The molecule has 2 aromatic heterocycles. The van der Waals surface area contributed by atoms with Crippen molar-refractivity contribution in [3.8, 4) is 0 Å². The Morgan fingerprint density at radius 3 is 3.20 bits per heavy atom. The molecule has 0 bridgehead atoms. The second-order valence-corrected chi connectivity index (χ2v) is 2.87. The zero-order valence-corrected chi connectivity index (χ0v) is 7.79. The Morgan fingerprint density at radius 1 is 1.60 bits per heavy atom. The zero-order chi connectivity index (χ0) is 10.7. The summed E-state index contributed by atoms with van der Waals surface area (Å²) in [6.45, 7) is 0. The minimum Gasteiger partial charge on any atom is -0.350 e. The minimum atomic E-state index is -0.699. The van der Waals surface area contributed by atoms with Gasteiger partial charge in [-0.3, -0.25) is 0 Å². The summed E-state index contributed by atoms with van der Waals surface area (Å²) in [6.07, 6.45) is 5.10. The maximum absolute atomic E-state index is 10.3. The second-order valence-electron chi connectivity index (χ2n) is 2.87. The van der Waals surface area contributed by atoms with Crippen molar-refractivity contribution in [2.45, 2.75) is 0 Å². The van der Waals surface area contributed by atoms with E-state index in [1.54, 1.807) is 6.20 Å². The van der Waals surface area contributed by atoms with Crippen molar-refractivity contribution in [3.63, 3.8) is 0 Å². The number of amides is 2. The van der Waals surface area contributed by atoms with Gasteiger partial charge in [0, 0.05) is 12.4 Å². The van der Waals surface area contributed by atoms with Gasteiger partial charge in [-0.15, -0.1) is 0 Å². The van der Waals surface area contributed by atoms with Gasteiger partial charge in [0.25, 0.3) is 0 Å². The number of nitrogens with one attached hydrogen (secondary N) is 1. The van der Waals surface area contributed by atoms with Crippen molar-refractivity contribution in [2.24, 2.45) is 10.8 Å². The Labute approximate surface area is 85.4 Å². The summed E-state index contributed by atoms with van der Waals surface area (Å²) in [4.78, 5) is 14.6. The third-order valence-corrected chi connectivity index (χ3v) is 1.75. The van der Waals surface area contributed by atoms with Crippen LogP contribution in [0.3, 0.4) is 0 Å². The number of pyridine rings is 1. The molecule has 0 aliphatic rings. The fraction of sp³-hybridized carbons (Fsp3) is 0. The van der Waals surface area contributed by atoms with Gasteiger partial charge in [-0.05, 0) is 12.1 Å². The van der Waals surface area contributed by atoms with Gasteiger partial charge < -0.3 is 10.1 Å². The van der Waals surface area contributed by atoms with E-state index in [0.717, 1.165) is 5.65 Å². The van der Waals surface area contributed by atoms with E-state index < -0.39 is 6.03 Å². The molecular formula is C9H9N5O. The van der Waals surface area contributed by atoms with Crippen LogP contribution in [0.15, 0.2) is 35.7 Å². The smallest absolute Gasteiger partial charge is 0.332 e. The normalized spacial score (nSPS) is 10.9. The molecule has 0 unspecified atom stereocenters. The molecule has 15 heavy (non-hydrogen) atoms. The monoisotopic (exact) mass is 203 g/mol. The molecule has 2 heterocycles. The molecule has 3 N–H and O–H groups in total. The van der Waals surface area contributed by atoms with E-state index in [4.69, 9.17) is 5.73 Å². The second kappa shape index (κ2) is 3.79. The number of aromatic nitrogens is 2. The van der Waals surface area contributed by atoms with Crippen molar-refractivity contribution >= 4 is 17.9 Å². The number of hydrogen-bond donors (Lipinski definition) is 2. The Hall–Kier alpha value is -2.37. The molecule has 0 aliphatic carbocycles. The molecule has 2 rings (SSSR count). The average Bonchev–Trinajstić information content (AvgIpc) is 2.59. The maximum atomic E-state index is 10.3. The first-order chi connectivity index (χ1) is 7.25. The highest BCUT2D eigenvalue weighted by molar-refractivity contribution is 5.80. The van der Waals surface area contributed by atoms with Crippen LogP contribution in [0, 0.1) is 0 Å². The van der Waals surface area contributed by atoms with Gasteiger partial charge >= 0.3 is 6.03 Å².